The highest BCUT2D eigenvalue weighted by molar-refractivity contribution is 6.41. The predicted octanol–water partition coefficient (Wildman–Crippen LogP) is 11.0. The van der Waals surface area contributed by atoms with Crippen LogP contribution < -0.4 is 0 Å². The second-order valence-electron chi connectivity index (χ2n) is 10.5. The summed E-state index contributed by atoms with van der Waals surface area (Å²) >= 11 is 0. The van der Waals surface area contributed by atoms with Gasteiger partial charge in [0.15, 0.2) is 0 Å². The van der Waals surface area contributed by atoms with Crippen LogP contribution in [0.3, 0.4) is 0 Å². The van der Waals surface area contributed by atoms with Crippen LogP contribution in [-0.2, 0) is 0 Å². The van der Waals surface area contributed by atoms with E-state index < -0.39 is 0 Å². The van der Waals surface area contributed by atoms with Crippen molar-refractivity contribution in [2.45, 2.75) is 180 Å². The van der Waals surface area contributed by atoms with E-state index in [1.54, 1.807) is 6.04 Å². The summed E-state index contributed by atoms with van der Waals surface area (Å²) < 4.78 is 0. The molecule has 0 radical (unpaired) electrons. The van der Waals surface area contributed by atoms with Crippen molar-refractivity contribution in [3.8, 4) is 0 Å². The highest BCUT2D eigenvalue weighted by Crippen LogP contribution is 2.41. The van der Waals surface area contributed by atoms with Crippen LogP contribution in [0.2, 0.25) is 11.1 Å². The molecule has 0 aromatic carbocycles. The summed E-state index contributed by atoms with van der Waals surface area (Å²) in [5.41, 5.74) is 0. The van der Waals surface area contributed by atoms with Crippen molar-refractivity contribution in [3.05, 3.63) is 12.2 Å². The lowest BCUT2D eigenvalue weighted by Gasteiger charge is -2.31. The van der Waals surface area contributed by atoms with Crippen LogP contribution in [0, 0.1) is 0 Å². The Morgan fingerprint density at radius 2 is 0.903 bits per heavy atom. The Morgan fingerprint density at radius 3 is 1.45 bits per heavy atom. The third-order valence-electron chi connectivity index (χ3n) is 7.28. The lowest BCUT2D eigenvalue weighted by atomic mass is 9.92. The maximum Gasteiger partial charge on any atom is 0.0318 e. The van der Waals surface area contributed by atoms with Gasteiger partial charge in [-0.3, -0.25) is 0 Å². The first kappa shape index (κ1) is 31.0. The summed E-state index contributed by atoms with van der Waals surface area (Å²) in [5, 5.41) is 0.647. The second-order valence-corrected chi connectivity index (χ2v) is 13.1. The molecule has 0 bridgehead atoms. The number of hydrogen-bond acceptors (Lipinski definition) is 0. The van der Waals surface area contributed by atoms with E-state index in [1.165, 1.54) is 141 Å². The Kier molecular flexibility index (Phi) is 24.6. The molecule has 0 saturated carbocycles. The van der Waals surface area contributed by atoms with Gasteiger partial charge in [-0.25, -0.2) is 0 Å². The molecule has 1 atom stereocenters. The minimum absolute atomic E-state index is 0.0254. The lowest BCUT2D eigenvalue weighted by molar-refractivity contribution is 0.479. The zero-order valence-corrected chi connectivity index (χ0v) is 24.0. The molecule has 31 heavy (non-hydrogen) atoms. The second kappa shape index (κ2) is 24.6. The summed E-state index contributed by atoms with van der Waals surface area (Å²) in [7, 11) is -0.0254. The molecule has 0 spiro atoms. The monoisotopic (exact) mass is 450 g/mol. The van der Waals surface area contributed by atoms with E-state index >= 15 is 0 Å². The maximum atomic E-state index is 2.80. The quantitative estimate of drug-likeness (QED) is 0.0736. The zero-order valence-electron chi connectivity index (χ0n) is 22.6. The molecule has 0 heterocycles. The molecule has 0 nitrogen and oxygen atoms in total. The van der Waals surface area contributed by atoms with Crippen molar-refractivity contribution in [2.24, 2.45) is 0 Å². The van der Waals surface area contributed by atoms with Crippen LogP contribution in [0.4, 0.5) is 0 Å². The molecule has 0 aliphatic rings. The number of unbranched alkanes of at least 4 members (excludes halogenated alkanes) is 16. The molecule has 0 N–H and O–H groups in total. The summed E-state index contributed by atoms with van der Waals surface area (Å²) in [5.74, 6) is 0. The molecule has 0 aromatic heterocycles. The van der Waals surface area contributed by atoms with Crippen molar-refractivity contribution in [1.82, 2.24) is 0 Å². The van der Waals surface area contributed by atoms with Crippen LogP contribution in [0.1, 0.15) is 169 Å². The lowest BCUT2D eigenvalue weighted by Crippen LogP contribution is -2.19. The molecule has 0 amide bonds. The Morgan fingerprint density at radius 1 is 0.484 bits per heavy atom. The van der Waals surface area contributed by atoms with Crippen LogP contribution in [-0.4, -0.2) is 9.52 Å². The van der Waals surface area contributed by atoms with E-state index in [0.717, 1.165) is 0 Å². The molecule has 0 rings (SSSR count). The first-order valence-electron chi connectivity index (χ1n) is 14.9. The zero-order chi connectivity index (χ0) is 22.9. The first-order chi connectivity index (χ1) is 15.2. The number of rotatable bonds is 25. The van der Waals surface area contributed by atoms with Crippen LogP contribution in [0.25, 0.3) is 0 Å². The van der Waals surface area contributed by atoms with E-state index in [9.17, 15) is 0 Å². The van der Waals surface area contributed by atoms with E-state index in [0.29, 0.717) is 5.04 Å². The van der Waals surface area contributed by atoms with E-state index in [1.807, 2.05) is 0 Å². The van der Waals surface area contributed by atoms with Gasteiger partial charge in [-0.15, -0.1) is 0 Å². The molecule has 0 aliphatic carbocycles. The Hall–Kier alpha value is -0.0431. The van der Waals surface area contributed by atoms with Crippen molar-refractivity contribution in [2.75, 3.05) is 0 Å². The highest BCUT2D eigenvalue weighted by atomic mass is 28.2. The Labute approximate surface area is 201 Å². The fraction of sp³-hybridized carbons (Fsp3) is 0.933. The van der Waals surface area contributed by atoms with Gasteiger partial charge in [0.2, 0.25) is 0 Å². The fourth-order valence-corrected chi connectivity index (χ4v) is 7.71. The summed E-state index contributed by atoms with van der Waals surface area (Å²) in [4.78, 5) is 0. The Balaban J connectivity index is 4.79. The molecule has 0 fully saturated rings. The van der Waals surface area contributed by atoms with Gasteiger partial charge < -0.3 is 0 Å². The highest BCUT2D eigenvalue weighted by Gasteiger charge is 2.26. The molecular weight excluding hydrogens is 388 g/mol. The standard InChI is InChI=1S/C30H62Si/c1-5-9-13-17-20-24-28-30(26-22-16-12-8-4,27-23-19-15-11-7-3)31-29-25-21-18-14-10-6-2/h24,28H,5-23,25-27,29,31H2,1-4H3. The van der Waals surface area contributed by atoms with Gasteiger partial charge in [0.25, 0.3) is 0 Å². The van der Waals surface area contributed by atoms with Crippen molar-refractivity contribution in [3.63, 3.8) is 0 Å². The van der Waals surface area contributed by atoms with E-state index in [4.69, 9.17) is 0 Å². The third kappa shape index (κ3) is 20.3. The van der Waals surface area contributed by atoms with Gasteiger partial charge in [-0.1, -0.05) is 161 Å². The summed E-state index contributed by atoms with van der Waals surface area (Å²) in [6.07, 6.45) is 37.1. The SMILES string of the molecule is CCCCCCC=CC(CCCCCC)(CCCCCCC)[SiH2]CCCCCCCC. The van der Waals surface area contributed by atoms with Gasteiger partial charge in [-0.05, 0) is 30.7 Å². The fourth-order valence-electron chi connectivity index (χ4n) is 5.07. The molecule has 0 aliphatic heterocycles. The van der Waals surface area contributed by atoms with Crippen molar-refractivity contribution in [1.29, 1.82) is 0 Å². The normalized spacial score (nSPS) is 14.2. The van der Waals surface area contributed by atoms with E-state index in [2.05, 4.69) is 39.8 Å². The van der Waals surface area contributed by atoms with Gasteiger partial charge in [-0.2, -0.15) is 0 Å². The first-order valence-corrected chi connectivity index (χ1v) is 16.6. The minimum Gasteiger partial charge on any atom is -0.0883 e. The molecule has 186 valence electrons. The van der Waals surface area contributed by atoms with Crippen LogP contribution in [0.5, 0.6) is 0 Å². The number of hydrogen-bond donors (Lipinski definition) is 0. The van der Waals surface area contributed by atoms with Gasteiger partial charge >= 0.3 is 0 Å². The molecular formula is C30H62Si. The Bertz CT molecular complexity index is 361. The van der Waals surface area contributed by atoms with Crippen molar-refractivity contribution < 1.29 is 0 Å². The smallest absolute Gasteiger partial charge is 0.0318 e. The minimum atomic E-state index is -0.0254. The van der Waals surface area contributed by atoms with Crippen molar-refractivity contribution >= 4 is 9.52 Å². The van der Waals surface area contributed by atoms with Crippen LogP contribution in [0.15, 0.2) is 12.2 Å². The molecule has 0 saturated heterocycles. The average molecular weight is 451 g/mol. The maximum absolute atomic E-state index is 2.80. The van der Waals surface area contributed by atoms with Gasteiger partial charge in [0.1, 0.15) is 0 Å². The van der Waals surface area contributed by atoms with Crippen LogP contribution >= 0.6 is 0 Å². The van der Waals surface area contributed by atoms with Gasteiger partial charge in [0, 0.05) is 9.52 Å². The third-order valence-corrected chi connectivity index (χ3v) is 10.1. The van der Waals surface area contributed by atoms with E-state index in [-0.39, 0.29) is 9.52 Å². The average Bonchev–Trinajstić information content (AvgIpc) is 2.78. The molecule has 1 unspecified atom stereocenters. The summed E-state index contributed by atoms with van der Waals surface area (Å²) in [6, 6.07) is 1.59. The molecule has 1 heteroatoms. The predicted molar refractivity (Wildman–Crippen MR) is 149 cm³/mol. The van der Waals surface area contributed by atoms with Gasteiger partial charge in [0.05, 0.1) is 0 Å². The molecule has 0 aromatic rings. The summed E-state index contributed by atoms with van der Waals surface area (Å²) in [6.45, 7) is 9.34. The topological polar surface area (TPSA) is 0 Å². The number of allylic oxidation sites excluding steroid dienone is 2. The largest absolute Gasteiger partial charge is 0.0883 e.